The van der Waals surface area contributed by atoms with Crippen molar-refractivity contribution < 1.29 is 13.2 Å². The molecule has 0 radical (unpaired) electrons. The Balaban J connectivity index is 2.69. The quantitative estimate of drug-likeness (QED) is 0.801. The molecule has 18 heavy (non-hydrogen) atoms. The summed E-state index contributed by atoms with van der Waals surface area (Å²) < 4.78 is 29.0. The van der Waals surface area contributed by atoms with Gasteiger partial charge in [-0.3, -0.25) is 0 Å². The molecule has 0 heterocycles. The molecule has 5 heteroatoms. The van der Waals surface area contributed by atoms with Gasteiger partial charge in [0.05, 0.1) is 11.4 Å². The third-order valence-electron chi connectivity index (χ3n) is 4.05. The minimum absolute atomic E-state index is 0.128. The molecule has 1 fully saturated rings. The average molecular weight is 277 g/mol. The van der Waals surface area contributed by atoms with Crippen LogP contribution in [0.25, 0.3) is 0 Å². The van der Waals surface area contributed by atoms with Crippen LogP contribution < -0.4 is 5.32 Å². The first-order valence-electron chi connectivity index (χ1n) is 6.87. The van der Waals surface area contributed by atoms with Gasteiger partial charge in [-0.1, -0.05) is 6.42 Å². The zero-order valence-electron chi connectivity index (χ0n) is 12.0. The van der Waals surface area contributed by atoms with E-state index < -0.39 is 9.84 Å². The first kappa shape index (κ1) is 15.9. The van der Waals surface area contributed by atoms with Crippen molar-refractivity contribution in [1.82, 2.24) is 5.32 Å². The Hall–Kier alpha value is -0.130. The number of nitrogens with one attached hydrogen (secondary N) is 1. The summed E-state index contributed by atoms with van der Waals surface area (Å²) >= 11 is 0. The fourth-order valence-corrected chi connectivity index (χ4v) is 4.31. The molecule has 1 saturated carbocycles. The van der Waals surface area contributed by atoms with E-state index in [4.69, 9.17) is 4.74 Å². The fraction of sp³-hybridized carbons (Fsp3) is 1.00. The maximum absolute atomic E-state index is 11.7. The minimum Gasteiger partial charge on any atom is -0.377 e. The summed E-state index contributed by atoms with van der Waals surface area (Å²) in [6, 6.07) is 0.245. The van der Waals surface area contributed by atoms with E-state index in [1.165, 1.54) is 6.26 Å². The lowest BCUT2D eigenvalue weighted by molar-refractivity contribution is 0.0264. The molecule has 4 atom stereocenters. The van der Waals surface area contributed by atoms with Crippen LogP contribution in [0.5, 0.6) is 0 Å². The normalized spacial score (nSPS) is 28.9. The summed E-state index contributed by atoms with van der Waals surface area (Å²) in [4.78, 5) is 0. The summed E-state index contributed by atoms with van der Waals surface area (Å²) in [5.41, 5.74) is 0. The van der Waals surface area contributed by atoms with Crippen molar-refractivity contribution in [2.24, 2.45) is 5.92 Å². The Bertz CT molecular complexity index is 342. The fourth-order valence-electron chi connectivity index (χ4n) is 3.12. The van der Waals surface area contributed by atoms with Crippen molar-refractivity contribution >= 4 is 9.84 Å². The Morgan fingerprint density at radius 2 is 2.06 bits per heavy atom. The van der Waals surface area contributed by atoms with E-state index in [1.54, 1.807) is 0 Å². The average Bonchev–Trinajstić information content (AvgIpc) is 2.29. The van der Waals surface area contributed by atoms with Crippen molar-refractivity contribution in [3.63, 3.8) is 0 Å². The molecule has 1 N–H and O–H groups in total. The first-order chi connectivity index (χ1) is 8.40. The second kappa shape index (κ2) is 6.87. The molecular weight excluding hydrogens is 250 g/mol. The molecule has 108 valence electrons. The number of hydrogen-bond donors (Lipinski definition) is 1. The van der Waals surface area contributed by atoms with E-state index >= 15 is 0 Å². The maximum atomic E-state index is 11.7. The lowest BCUT2D eigenvalue weighted by Crippen LogP contribution is -2.46. The highest BCUT2D eigenvalue weighted by Crippen LogP contribution is 2.32. The SMILES string of the molecule is CCOC(C)C(NC)C1CCCC(S(C)(=O)=O)C1. The largest absolute Gasteiger partial charge is 0.377 e. The van der Waals surface area contributed by atoms with E-state index in [2.05, 4.69) is 12.2 Å². The second-order valence-corrected chi connectivity index (χ2v) is 7.68. The van der Waals surface area contributed by atoms with Crippen molar-refractivity contribution in [3.05, 3.63) is 0 Å². The van der Waals surface area contributed by atoms with Gasteiger partial charge in [0, 0.05) is 18.9 Å². The maximum Gasteiger partial charge on any atom is 0.150 e. The predicted octanol–water partition coefficient (Wildman–Crippen LogP) is 1.60. The molecule has 1 rings (SSSR count). The minimum atomic E-state index is -2.91. The Labute approximate surface area is 111 Å². The first-order valence-corrected chi connectivity index (χ1v) is 8.83. The Morgan fingerprint density at radius 1 is 1.39 bits per heavy atom. The third kappa shape index (κ3) is 4.21. The topological polar surface area (TPSA) is 55.4 Å². The molecule has 0 spiro atoms. The van der Waals surface area contributed by atoms with Crippen LogP contribution in [-0.4, -0.2) is 45.7 Å². The van der Waals surface area contributed by atoms with Gasteiger partial charge in [0.25, 0.3) is 0 Å². The molecule has 0 saturated heterocycles. The van der Waals surface area contributed by atoms with Gasteiger partial charge in [-0.25, -0.2) is 8.42 Å². The molecule has 0 aromatic heterocycles. The summed E-state index contributed by atoms with van der Waals surface area (Å²) in [5.74, 6) is 0.394. The van der Waals surface area contributed by atoms with Crippen LogP contribution in [0.15, 0.2) is 0 Å². The molecule has 1 aliphatic carbocycles. The van der Waals surface area contributed by atoms with E-state index in [0.717, 1.165) is 25.7 Å². The summed E-state index contributed by atoms with van der Waals surface area (Å²) in [7, 11) is -0.972. The molecule has 4 nitrogen and oxygen atoms in total. The highest BCUT2D eigenvalue weighted by molar-refractivity contribution is 7.91. The van der Waals surface area contributed by atoms with Crippen LogP contribution in [0, 0.1) is 5.92 Å². The number of sulfone groups is 1. The van der Waals surface area contributed by atoms with E-state index in [0.29, 0.717) is 12.5 Å². The molecule has 0 amide bonds. The molecule has 0 aliphatic heterocycles. The van der Waals surface area contributed by atoms with Crippen LogP contribution in [-0.2, 0) is 14.6 Å². The highest BCUT2D eigenvalue weighted by Gasteiger charge is 2.34. The predicted molar refractivity (Wildman–Crippen MR) is 74.5 cm³/mol. The lowest BCUT2D eigenvalue weighted by Gasteiger charge is -2.36. The smallest absolute Gasteiger partial charge is 0.150 e. The molecule has 0 bridgehead atoms. The molecule has 0 aromatic carbocycles. The van der Waals surface area contributed by atoms with E-state index in [1.807, 2.05) is 14.0 Å². The molecule has 0 aromatic rings. The highest BCUT2D eigenvalue weighted by atomic mass is 32.2. The number of likely N-dealkylation sites (N-methyl/N-ethyl adjacent to an activating group) is 1. The van der Waals surface area contributed by atoms with Gasteiger partial charge in [0.1, 0.15) is 9.84 Å². The van der Waals surface area contributed by atoms with Crippen molar-refractivity contribution in [1.29, 1.82) is 0 Å². The van der Waals surface area contributed by atoms with Crippen LogP contribution in [0.1, 0.15) is 39.5 Å². The van der Waals surface area contributed by atoms with Gasteiger partial charge in [0.15, 0.2) is 0 Å². The van der Waals surface area contributed by atoms with E-state index in [-0.39, 0.29) is 17.4 Å². The van der Waals surface area contributed by atoms with Gasteiger partial charge in [-0.2, -0.15) is 0 Å². The second-order valence-electron chi connectivity index (χ2n) is 5.35. The Morgan fingerprint density at radius 3 is 2.56 bits per heavy atom. The molecular formula is C13H27NO3S. The number of hydrogen-bond acceptors (Lipinski definition) is 4. The standard InChI is InChI=1S/C13H27NO3S/c1-5-17-10(2)13(14-3)11-7-6-8-12(9-11)18(4,15)16/h10-14H,5-9H2,1-4H3. The van der Waals surface area contributed by atoms with Crippen molar-refractivity contribution in [2.45, 2.75) is 56.9 Å². The monoisotopic (exact) mass is 277 g/mol. The number of rotatable bonds is 6. The van der Waals surface area contributed by atoms with Crippen molar-refractivity contribution in [3.8, 4) is 0 Å². The summed E-state index contributed by atoms with van der Waals surface area (Å²) in [6.45, 7) is 4.75. The zero-order valence-corrected chi connectivity index (χ0v) is 12.8. The number of ether oxygens (including phenoxy) is 1. The zero-order chi connectivity index (χ0) is 13.8. The molecule has 1 aliphatic rings. The van der Waals surface area contributed by atoms with Gasteiger partial charge in [-0.15, -0.1) is 0 Å². The van der Waals surface area contributed by atoms with Crippen LogP contribution in [0.3, 0.4) is 0 Å². The Kier molecular flexibility index (Phi) is 6.08. The van der Waals surface area contributed by atoms with Crippen LogP contribution in [0.2, 0.25) is 0 Å². The lowest BCUT2D eigenvalue weighted by atomic mass is 9.81. The summed E-state index contributed by atoms with van der Waals surface area (Å²) in [6.07, 6.45) is 5.16. The molecule has 4 unspecified atom stereocenters. The third-order valence-corrected chi connectivity index (χ3v) is 5.69. The van der Waals surface area contributed by atoms with Crippen LogP contribution in [0.4, 0.5) is 0 Å². The van der Waals surface area contributed by atoms with Gasteiger partial charge in [-0.05, 0) is 46.1 Å². The van der Waals surface area contributed by atoms with Gasteiger partial charge in [0.2, 0.25) is 0 Å². The summed E-state index contributed by atoms with van der Waals surface area (Å²) in [5, 5.41) is 3.14. The van der Waals surface area contributed by atoms with Gasteiger partial charge >= 0.3 is 0 Å². The van der Waals surface area contributed by atoms with Crippen LogP contribution >= 0.6 is 0 Å². The van der Waals surface area contributed by atoms with E-state index in [9.17, 15) is 8.42 Å². The van der Waals surface area contributed by atoms with Crippen molar-refractivity contribution in [2.75, 3.05) is 19.9 Å². The van der Waals surface area contributed by atoms with Gasteiger partial charge < -0.3 is 10.1 Å².